The summed E-state index contributed by atoms with van der Waals surface area (Å²) >= 11 is 6.31. The van der Waals surface area contributed by atoms with E-state index in [9.17, 15) is 0 Å². The second kappa shape index (κ2) is 2.99. The SMILES string of the molecule is ClC1CCc2cccc3cccc1c23. The quantitative estimate of drug-likeness (QED) is 0.565. The highest BCUT2D eigenvalue weighted by Crippen LogP contribution is 2.38. The van der Waals surface area contributed by atoms with E-state index in [1.807, 2.05) is 0 Å². The Morgan fingerprint density at radius 3 is 2.71 bits per heavy atom. The van der Waals surface area contributed by atoms with E-state index in [0.29, 0.717) is 0 Å². The fraction of sp³-hybridized carbons (Fsp3) is 0.231. The van der Waals surface area contributed by atoms with Crippen LogP contribution in [0.3, 0.4) is 0 Å². The molecule has 0 N–H and O–H groups in total. The lowest BCUT2D eigenvalue weighted by atomic mass is 9.88. The Morgan fingerprint density at radius 2 is 1.86 bits per heavy atom. The zero-order chi connectivity index (χ0) is 9.54. The normalized spacial score (nSPS) is 19.9. The fourth-order valence-corrected chi connectivity index (χ4v) is 2.65. The van der Waals surface area contributed by atoms with E-state index in [0.717, 1.165) is 12.8 Å². The molecule has 1 aliphatic rings. The summed E-state index contributed by atoms with van der Waals surface area (Å²) in [5, 5.41) is 2.92. The first-order valence-corrected chi connectivity index (χ1v) is 5.44. The summed E-state index contributed by atoms with van der Waals surface area (Å²) in [5.74, 6) is 0. The Balaban J connectivity index is 2.46. The van der Waals surface area contributed by atoms with Gasteiger partial charge >= 0.3 is 0 Å². The molecular formula is C13H11Cl. The van der Waals surface area contributed by atoms with Crippen LogP contribution in [0.4, 0.5) is 0 Å². The number of alkyl halides is 1. The van der Waals surface area contributed by atoms with Crippen LogP contribution in [0.2, 0.25) is 0 Å². The van der Waals surface area contributed by atoms with Crippen LogP contribution in [0.25, 0.3) is 10.8 Å². The number of rotatable bonds is 0. The van der Waals surface area contributed by atoms with E-state index < -0.39 is 0 Å². The fourth-order valence-electron chi connectivity index (χ4n) is 2.36. The molecule has 1 aliphatic carbocycles. The third-order valence-corrected chi connectivity index (χ3v) is 3.48. The van der Waals surface area contributed by atoms with Crippen molar-refractivity contribution in [2.24, 2.45) is 0 Å². The number of benzene rings is 2. The summed E-state index contributed by atoms with van der Waals surface area (Å²) in [5.41, 5.74) is 2.76. The van der Waals surface area contributed by atoms with Crippen LogP contribution in [0.1, 0.15) is 22.9 Å². The van der Waals surface area contributed by atoms with Gasteiger partial charge in [0.05, 0.1) is 5.38 Å². The van der Waals surface area contributed by atoms with E-state index in [1.165, 1.54) is 21.9 Å². The van der Waals surface area contributed by atoms with Crippen molar-refractivity contribution in [1.29, 1.82) is 0 Å². The van der Waals surface area contributed by atoms with Gasteiger partial charge in [-0.2, -0.15) is 0 Å². The Hall–Kier alpha value is -1.01. The molecule has 0 bridgehead atoms. The highest BCUT2D eigenvalue weighted by atomic mass is 35.5. The van der Waals surface area contributed by atoms with Crippen molar-refractivity contribution in [3.8, 4) is 0 Å². The van der Waals surface area contributed by atoms with Gasteiger partial charge in [0.2, 0.25) is 0 Å². The number of aryl methyl sites for hydroxylation is 1. The molecule has 0 saturated heterocycles. The smallest absolute Gasteiger partial charge is 0.0594 e. The molecule has 1 unspecified atom stereocenters. The molecule has 0 aromatic heterocycles. The van der Waals surface area contributed by atoms with E-state index in [1.54, 1.807) is 0 Å². The van der Waals surface area contributed by atoms with Gasteiger partial charge in [-0.1, -0.05) is 36.4 Å². The van der Waals surface area contributed by atoms with Gasteiger partial charge in [0.25, 0.3) is 0 Å². The minimum atomic E-state index is 0.202. The molecule has 0 saturated carbocycles. The molecule has 1 heteroatoms. The topological polar surface area (TPSA) is 0 Å². The number of hydrogen-bond donors (Lipinski definition) is 0. The summed E-state index contributed by atoms with van der Waals surface area (Å²) in [6.07, 6.45) is 2.18. The maximum absolute atomic E-state index is 6.31. The van der Waals surface area contributed by atoms with Crippen LogP contribution in [0.15, 0.2) is 36.4 Å². The first kappa shape index (κ1) is 8.31. The molecule has 2 aromatic rings. The third kappa shape index (κ3) is 1.07. The summed E-state index contributed by atoms with van der Waals surface area (Å²) in [6.45, 7) is 0. The van der Waals surface area contributed by atoms with Gasteiger partial charge in [-0.15, -0.1) is 11.6 Å². The third-order valence-electron chi connectivity index (χ3n) is 3.03. The Bertz CT molecular complexity index is 482. The van der Waals surface area contributed by atoms with Crippen molar-refractivity contribution in [3.05, 3.63) is 47.5 Å². The van der Waals surface area contributed by atoms with Crippen LogP contribution in [0, 0.1) is 0 Å². The van der Waals surface area contributed by atoms with Crippen LogP contribution >= 0.6 is 11.6 Å². The van der Waals surface area contributed by atoms with Gasteiger partial charge in [-0.3, -0.25) is 0 Å². The summed E-state index contributed by atoms with van der Waals surface area (Å²) in [4.78, 5) is 0. The molecular weight excluding hydrogens is 192 g/mol. The maximum Gasteiger partial charge on any atom is 0.0594 e. The first-order valence-electron chi connectivity index (χ1n) is 5.01. The molecule has 0 aliphatic heterocycles. The molecule has 0 heterocycles. The van der Waals surface area contributed by atoms with E-state index in [2.05, 4.69) is 36.4 Å². The molecule has 3 rings (SSSR count). The predicted octanol–water partition coefficient (Wildman–Crippen LogP) is 4.07. The highest BCUT2D eigenvalue weighted by molar-refractivity contribution is 6.22. The van der Waals surface area contributed by atoms with Gasteiger partial charge < -0.3 is 0 Å². The van der Waals surface area contributed by atoms with E-state index in [-0.39, 0.29) is 5.38 Å². The van der Waals surface area contributed by atoms with Gasteiger partial charge in [0, 0.05) is 0 Å². The maximum atomic E-state index is 6.31. The van der Waals surface area contributed by atoms with Crippen LogP contribution in [0.5, 0.6) is 0 Å². The molecule has 14 heavy (non-hydrogen) atoms. The summed E-state index contributed by atoms with van der Waals surface area (Å²) in [6, 6.07) is 12.9. The second-order valence-electron chi connectivity index (χ2n) is 3.87. The van der Waals surface area contributed by atoms with Crippen LogP contribution in [-0.2, 0) is 6.42 Å². The van der Waals surface area contributed by atoms with Gasteiger partial charge in [-0.05, 0) is 34.7 Å². The minimum Gasteiger partial charge on any atom is -0.118 e. The monoisotopic (exact) mass is 202 g/mol. The van der Waals surface area contributed by atoms with Crippen molar-refractivity contribution < 1.29 is 0 Å². The lowest BCUT2D eigenvalue weighted by molar-refractivity contribution is 0.781. The number of hydrogen-bond acceptors (Lipinski definition) is 0. The van der Waals surface area contributed by atoms with Crippen LogP contribution < -0.4 is 0 Å². The molecule has 0 spiro atoms. The molecule has 0 fully saturated rings. The molecule has 70 valence electrons. The number of halogens is 1. The van der Waals surface area contributed by atoms with Gasteiger partial charge in [-0.25, -0.2) is 0 Å². The van der Waals surface area contributed by atoms with Gasteiger partial charge in [0.1, 0.15) is 0 Å². The highest BCUT2D eigenvalue weighted by Gasteiger charge is 2.18. The second-order valence-corrected chi connectivity index (χ2v) is 4.40. The average Bonchev–Trinajstić information content (AvgIpc) is 2.24. The van der Waals surface area contributed by atoms with Crippen molar-refractivity contribution >= 4 is 22.4 Å². The Labute approximate surface area is 88.5 Å². The molecule has 2 aromatic carbocycles. The van der Waals surface area contributed by atoms with Crippen molar-refractivity contribution in [3.63, 3.8) is 0 Å². The average molecular weight is 203 g/mol. The Morgan fingerprint density at radius 1 is 1.07 bits per heavy atom. The van der Waals surface area contributed by atoms with Crippen LogP contribution in [-0.4, -0.2) is 0 Å². The molecule has 1 atom stereocenters. The lowest BCUT2D eigenvalue weighted by Crippen LogP contribution is -2.03. The minimum absolute atomic E-state index is 0.202. The van der Waals surface area contributed by atoms with Crippen molar-refractivity contribution in [2.45, 2.75) is 18.2 Å². The van der Waals surface area contributed by atoms with Crippen molar-refractivity contribution in [1.82, 2.24) is 0 Å². The molecule has 0 nitrogen and oxygen atoms in total. The summed E-state index contributed by atoms with van der Waals surface area (Å²) < 4.78 is 0. The zero-order valence-electron chi connectivity index (χ0n) is 7.83. The van der Waals surface area contributed by atoms with Gasteiger partial charge in [0.15, 0.2) is 0 Å². The van der Waals surface area contributed by atoms with E-state index >= 15 is 0 Å². The Kier molecular flexibility index (Phi) is 1.78. The summed E-state index contributed by atoms with van der Waals surface area (Å²) in [7, 11) is 0. The lowest BCUT2D eigenvalue weighted by Gasteiger charge is -2.21. The predicted molar refractivity (Wildman–Crippen MR) is 60.9 cm³/mol. The largest absolute Gasteiger partial charge is 0.118 e. The van der Waals surface area contributed by atoms with Crippen molar-refractivity contribution in [2.75, 3.05) is 0 Å². The standard InChI is InChI=1S/C13H11Cl/c14-12-8-7-10-4-1-3-9-5-2-6-11(12)13(9)10/h1-6,12H,7-8H2. The van der Waals surface area contributed by atoms with E-state index in [4.69, 9.17) is 11.6 Å². The first-order chi connectivity index (χ1) is 6.86. The zero-order valence-corrected chi connectivity index (χ0v) is 8.59. The molecule has 0 amide bonds. The molecule has 0 radical (unpaired) electrons.